The Labute approximate surface area is 183 Å². The van der Waals surface area contributed by atoms with Crippen molar-refractivity contribution in [1.29, 1.82) is 0 Å². The van der Waals surface area contributed by atoms with E-state index in [-0.39, 0.29) is 18.1 Å². The Morgan fingerprint density at radius 3 is 2.87 bits per heavy atom. The average molecular weight is 426 g/mol. The highest BCUT2D eigenvalue weighted by molar-refractivity contribution is 5.73. The van der Waals surface area contributed by atoms with Gasteiger partial charge in [-0.15, -0.1) is 0 Å². The molecule has 1 N–H and O–H groups in total. The fourth-order valence-electron chi connectivity index (χ4n) is 4.07. The molecule has 2 heterocycles. The molecule has 1 aromatic carbocycles. The SMILES string of the molecule is CC(=O)N[C@@H](C)COC1CC(COc2nccc3c2OCCN3Cc2ccccc2)C1. The second kappa shape index (κ2) is 10.0. The van der Waals surface area contributed by atoms with Gasteiger partial charge in [0, 0.05) is 25.7 Å². The molecule has 1 saturated carbocycles. The summed E-state index contributed by atoms with van der Waals surface area (Å²) in [5.41, 5.74) is 2.30. The molecule has 7 nitrogen and oxygen atoms in total. The summed E-state index contributed by atoms with van der Waals surface area (Å²) < 4.78 is 17.9. The van der Waals surface area contributed by atoms with Crippen LogP contribution in [0.15, 0.2) is 42.6 Å². The van der Waals surface area contributed by atoms with E-state index in [1.807, 2.05) is 19.1 Å². The third-order valence-electron chi connectivity index (χ3n) is 5.70. The van der Waals surface area contributed by atoms with Crippen molar-refractivity contribution in [1.82, 2.24) is 10.3 Å². The highest BCUT2D eigenvalue weighted by Crippen LogP contribution is 2.40. The van der Waals surface area contributed by atoms with E-state index in [0.717, 1.165) is 37.4 Å². The van der Waals surface area contributed by atoms with E-state index in [2.05, 4.69) is 39.5 Å². The number of benzene rings is 1. The van der Waals surface area contributed by atoms with Crippen LogP contribution in [0.4, 0.5) is 5.69 Å². The number of carbonyl (C=O) groups is 1. The zero-order valence-electron chi connectivity index (χ0n) is 18.3. The van der Waals surface area contributed by atoms with Crippen molar-refractivity contribution in [2.24, 2.45) is 5.92 Å². The molecule has 2 aromatic rings. The first-order valence-electron chi connectivity index (χ1n) is 11.0. The van der Waals surface area contributed by atoms with E-state index in [1.54, 1.807) is 6.20 Å². The number of anilines is 1. The number of carbonyl (C=O) groups excluding carboxylic acids is 1. The summed E-state index contributed by atoms with van der Waals surface area (Å²) in [5.74, 6) is 1.72. The van der Waals surface area contributed by atoms with Crippen molar-refractivity contribution in [2.75, 3.05) is 31.3 Å². The summed E-state index contributed by atoms with van der Waals surface area (Å²) in [4.78, 5) is 17.8. The fraction of sp³-hybridized carbons (Fsp3) is 0.500. The fourth-order valence-corrected chi connectivity index (χ4v) is 4.07. The molecule has 1 aliphatic heterocycles. The number of fused-ring (bicyclic) bond motifs is 1. The molecule has 0 bridgehead atoms. The molecule has 1 atom stereocenters. The van der Waals surface area contributed by atoms with E-state index >= 15 is 0 Å². The molecule has 0 saturated heterocycles. The van der Waals surface area contributed by atoms with Crippen LogP contribution in [0.1, 0.15) is 32.3 Å². The number of hydrogen-bond acceptors (Lipinski definition) is 6. The van der Waals surface area contributed by atoms with Gasteiger partial charge in [-0.2, -0.15) is 0 Å². The van der Waals surface area contributed by atoms with Crippen LogP contribution < -0.4 is 19.7 Å². The molecule has 0 radical (unpaired) electrons. The summed E-state index contributed by atoms with van der Waals surface area (Å²) in [7, 11) is 0. The van der Waals surface area contributed by atoms with Crippen LogP contribution >= 0.6 is 0 Å². The standard InChI is InChI=1S/C24H31N3O4/c1-17(26-18(2)28)15-30-21-12-20(13-21)16-31-24-23-22(8-9-25-24)27(10-11-29-23)14-19-6-4-3-5-7-19/h3-9,17,20-21H,10-16H2,1-2H3,(H,26,28)/t17-,20?,21?/m0/s1. The molecule has 1 amide bonds. The van der Waals surface area contributed by atoms with E-state index < -0.39 is 0 Å². The molecule has 0 spiro atoms. The van der Waals surface area contributed by atoms with Gasteiger partial charge in [-0.3, -0.25) is 4.79 Å². The minimum atomic E-state index is -0.0285. The molecule has 1 aliphatic carbocycles. The van der Waals surface area contributed by atoms with E-state index in [1.165, 1.54) is 12.5 Å². The van der Waals surface area contributed by atoms with Gasteiger partial charge in [0.15, 0.2) is 0 Å². The number of ether oxygens (including phenoxy) is 3. The maximum absolute atomic E-state index is 11.1. The molecule has 0 unspecified atom stereocenters. The number of pyridine rings is 1. The molecule has 2 aliphatic rings. The smallest absolute Gasteiger partial charge is 0.259 e. The Balaban J connectivity index is 1.27. The summed E-state index contributed by atoms with van der Waals surface area (Å²) in [5, 5.41) is 2.84. The Bertz CT molecular complexity index is 870. The summed E-state index contributed by atoms with van der Waals surface area (Å²) in [6.45, 7) is 6.90. The molecule has 1 fully saturated rings. The van der Waals surface area contributed by atoms with Crippen LogP contribution in [0.3, 0.4) is 0 Å². The van der Waals surface area contributed by atoms with E-state index in [9.17, 15) is 4.79 Å². The third-order valence-corrected chi connectivity index (χ3v) is 5.70. The monoisotopic (exact) mass is 425 g/mol. The number of aromatic nitrogens is 1. The van der Waals surface area contributed by atoms with Crippen LogP contribution in [-0.4, -0.2) is 49.4 Å². The molecule has 166 valence electrons. The molecule has 31 heavy (non-hydrogen) atoms. The Morgan fingerprint density at radius 2 is 2.10 bits per heavy atom. The van der Waals surface area contributed by atoms with Gasteiger partial charge in [-0.05, 0) is 37.3 Å². The van der Waals surface area contributed by atoms with E-state index in [0.29, 0.717) is 31.6 Å². The van der Waals surface area contributed by atoms with Gasteiger partial charge in [0.25, 0.3) is 5.88 Å². The lowest BCUT2D eigenvalue weighted by Crippen LogP contribution is -2.40. The van der Waals surface area contributed by atoms with Crippen LogP contribution in [-0.2, 0) is 16.1 Å². The predicted octanol–water partition coefficient (Wildman–Crippen LogP) is 3.18. The lowest BCUT2D eigenvalue weighted by atomic mass is 9.83. The van der Waals surface area contributed by atoms with Crippen molar-refractivity contribution in [3.63, 3.8) is 0 Å². The number of nitrogens with zero attached hydrogens (tertiary/aromatic N) is 2. The van der Waals surface area contributed by atoms with Crippen molar-refractivity contribution in [3.05, 3.63) is 48.2 Å². The molecule has 4 rings (SSSR count). The van der Waals surface area contributed by atoms with Crippen molar-refractivity contribution >= 4 is 11.6 Å². The number of hydrogen-bond donors (Lipinski definition) is 1. The zero-order valence-corrected chi connectivity index (χ0v) is 18.3. The van der Waals surface area contributed by atoms with Crippen LogP contribution in [0.25, 0.3) is 0 Å². The number of rotatable bonds is 9. The lowest BCUT2D eigenvalue weighted by molar-refractivity contribution is -0.120. The van der Waals surface area contributed by atoms with Crippen molar-refractivity contribution in [3.8, 4) is 11.6 Å². The first-order chi connectivity index (χ1) is 15.1. The quantitative estimate of drug-likeness (QED) is 0.665. The maximum atomic E-state index is 11.1. The van der Waals surface area contributed by atoms with Gasteiger partial charge < -0.3 is 24.4 Å². The predicted molar refractivity (Wildman–Crippen MR) is 118 cm³/mol. The second-order valence-electron chi connectivity index (χ2n) is 8.43. The lowest BCUT2D eigenvalue weighted by Gasteiger charge is -2.36. The molecular weight excluding hydrogens is 394 g/mol. The minimum Gasteiger partial charge on any atom is -0.484 e. The highest BCUT2D eigenvalue weighted by Gasteiger charge is 2.32. The second-order valence-corrected chi connectivity index (χ2v) is 8.43. The molecule has 7 heteroatoms. The van der Waals surface area contributed by atoms with Gasteiger partial charge in [-0.1, -0.05) is 30.3 Å². The Hall–Kier alpha value is -2.80. The van der Waals surface area contributed by atoms with E-state index in [4.69, 9.17) is 14.2 Å². The molecule has 1 aromatic heterocycles. The van der Waals surface area contributed by atoms with Gasteiger partial charge >= 0.3 is 0 Å². The van der Waals surface area contributed by atoms with Gasteiger partial charge in [0.05, 0.1) is 31.5 Å². The minimum absolute atomic E-state index is 0.0285. The van der Waals surface area contributed by atoms with Crippen molar-refractivity contribution < 1.29 is 19.0 Å². The first-order valence-corrected chi connectivity index (χ1v) is 11.0. The number of nitrogens with one attached hydrogen (secondary N) is 1. The normalized spacial score (nSPS) is 20.8. The maximum Gasteiger partial charge on any atom is 0.259 e. The largest absolute Gasteiger partial charge is 0.484 e. The average Bonchev–Trinajstić information content (AvgIpc) is 2.73. The molecular formula is C24H31N3O4. The summed E-state index contributed by atoms with van der Waals surface area (Å²) in [6, 6.07) is 12.5. The van der Waals surface area contributed by atoms with Gasteiger partial charge in [0.1, 0.15) is 6.61 Å². The number of amides is 1. The van der Waals surface area contributed by atoms with Crippen LogP contribution in [0.5, 0.6) is 11.6 Å². The van der Waals surface area contributed by atoms with Crippen molar-refractivity contribution in [2.45, 2.75) is 45.4 Å². The van der Waals surface area contributed by atoms with Gasteiger partial charge in [-0.25, -0.2) is 4.98 Å². The highest BCUT2D eigenvalue weighted by atomic mass is 16.5. The Kier molecular flexibility index (Phi) is 6.92. The summed E-state index contributed by atoms with van der Waals surface area (Å²) in [6.07, 6.45) is 3.95. The zero-order chi connectivity index (χ0) is 21.6. The van der Waals surface area contributed by atoms with Gasteiger partial charge in [0.2, 0.25) is 11.7 Å². The third kappa shape index (κ3) is 5.67. The first kappa shape index (κ1) is 21.4. The van der Waals surface area contributed by atoms with Crippen LogP contribution in [0.2, 0.25) is 0 Å². The van der Waals surface area contributed by atoms with Crippen LogP contribution in [0, 0.1) is 5.92 Å². The Morgan fingerprint density at radius 1 is 1.29 bits per heavy atom. The topological polar surface area (TPSA) is 72.9 Å². The summed E-state index contributed by atoms with van der Waals surface area (Å²) >= 11 is 0.